The number of ether oxygens (including phenoxy) is 1. The Morgan fingerprint density at radius 1 is 1.67 bits per heavy atom. The van der Waals surface area contributed by atoms with Crippen molar-refractivity contribution in [2.45, 2.75) is 25.6 Å². The van der Waals surface area contributed by atoms with Crippen molar-refractivity contribution < 1.29 is 49.3 Å². The second-order valence-corrected chi connectivity index (χ2v) is 2.92. The number of hydrogen-bond donors (Lipinski definition) is 1. The minimum Gasteiger partial charge on any atom is -0.547 e. The van der Waals surface area contributed by atoms with Crippen LogP contribution in [0.3, 0.4) is 0 Å². The fourth-order valence-corrected chi connectivity index (χ4v) is 1.06. The second-order valence-electron chi connectivity index (χ2n) is 2.92. The summed E-state index contributed by atoms with van der Waals surface area (Å²) in [6.07, 6.45) is -1.36. The van der Waals surface area contributed by atoms with Gasteiger partial charge < -0.3 is 19.7 Å². The quantitative estimate of drug-likeness (QED) is 0.415. The van der Waals surface area contributed by atoms with Gasteiger partial charge in [-0.2, -0.15) is 0 Å². The van der Waals surface area contributed by atoms with Crippen LogP contribution < -0.4 is 34.7 Å². The molecular weight excluding hydrogens is 171 g/mol. The van der Waals surface area contributed by atoms with Gasteiger partial charge in [-0.15, -0.1) is 0 Å². The SMILES string of the molecule is CC1COC(C(=O)[O-])CC1O.[Na+]. The van der Waals surface area contributed by atoms with Gasteiger partial charge in [-0.05, 0) is 0 Å². The molecule has 1 heterocycles. The molecule has 0 radical (unpaired) electrons. The van der Waals surface area contributed by atoms with E-state index in [1.165, 1.54) is 0 Å². The largest absolute Gasteiger partial charge is 1.00 e. The molecule has 5 heteroatoms. The molecule has 1 aliphatic rings. The van der Waals surface area contributed by atoms with E-state index in [0.29, 0.717) is 6.61 Å². The summed E-state index contributed by atoms with van der Waals surface area (Å²) < 4.78 is 4.90. The Kier molecular flexibility index (Phi) is 5.36. The van der Waals surface area contributed by atoms with E-state index in [0.717, 1.165) is 0 Å². The van der Waals surface area contributed by atoms with E-state index in [4.69, 9.17) is 4.74 Å². The predicted molar refractivity (Wildman–Crippen MR) is 34.5 cm³/mol. The van der Waals surface area contributed by atoms with Crippen LogP contribution in [0.4, 0.5) is 0 Å². The van der Waals surface area contributed by atoms with Gasteiger partial charge in [-0.3, -0.25) is 0 Å². The van der Waals surface area contributed by atoms with Crippen LogP contribution in [0, 0.1) is 5.92 Å². The zero-order chi connectivity index (χ0) is 8.43. The van der Waals surface area contributed by atoms with Gasteiger partial charge in [0.2, 0.25) is 0 Å². The number of carboxylic acids is 1. The normalized spacial score (nSPS) is 35.3. The van der Waals surface area contributed by atoms with Crippen LogP contribution in [-0.2, 0) is 9.53 Å². The first kappa shape index (κ1) is 12.4. The minimum absolute atomic E-state index is 0. The fourth-order valence-electron chi connectivity index (χ4n) is 1.06. The number of carbonyl (C=O) groups is 1. The monoisotopic (exact) mass is 182 g/mol. The molecule has 0 aromatic rings. The van der Waals surface area contributed by atoms with Gasteiger partial charge >= 0.3 is 29.6 Å². The molecule has 64 valence electrons. The summed E-state index contributed by atoms with van der Waals surface area (Å²) in [5.74, 6) is -1.22. The molecule has 4 nitrogen and oxygen atoms in total. The molecular formula is C7H11NaO4. The summed E-state index contributed by atoms with van der Waals surface area (Å²) in [7, 11) is 0. The van der Waals surface area contributed by atoms with Crippen LogP contribution in [-0.4, -0.2) is 29.9 Å². The van der Waals surface area contributed by atoms with Crippen molar-refractivity contribution in [1.82, 2.24) is 0 Å². The summed E-state index contributed by atoms with van der Waals surface area (Å²) >= 11 is 0. The smallest absolute Gasteiger partial charge is 0.547 e. The Morgan fingerprint density at radius 3 is 2.67 bits per heavy atom. The molecule has 3 unspecified atom stereocenters. The summed E-state index contributed by atoms with van der Waals surface area (Å²) in [6.45, 7) is 2.11. The topological polar surface area (TPSA) is 69.6 Å². The van der Waals surface area contributed by atoms with E-state index in [1.54, 1.807) is 0 Å². The zero-order valence-electron chi connectivity index (χ0n) is 7.32. The van der Waals surface area contributed by atoms with Gasteiger partial charge in [0.1, 0.15) is 0 Å². The molecule has 3 atom stereocenters. The van der Waals surface area contributed by atoms with Crippen LogP contribution in [0.5, 0.6) is 0 Å². The number of rotatable bonds is 1. The van der Waals surface area contributed by atoms with Crippen molar-refractivity contribution >= 4 is 5.97 Å². The van der Waals surface area contributed by atoms with E-state index < -0.39 is 18.2 Å². The molecule has 0 bridgehead atoms. The van der Waals surface area contributed by atoms with Gasteiger partial charge in [0.15, 0.2) is 0 Å². The van der Waals surface area contributed by atoms with Gasteiger partial charge in [-0.1, -0.05) is 6.92 Å². The average molecular weight is 182 g/mol. The van der Waals surface area contributed by atoms with E-state index in [-0.39, 0.29) is 41.9 Å². The number of hydrogen-bond acceptors (Lipinski definition) is 4. The molecule has 12 heavy (non-hydrogen) atoms. The Balaban J connectivity index is 0.00000121. The Bertz CT molecular complexity index is 161. The third-order valence-corrected chi connectivity index (χ3v) is 1.94. The zero-order valence-corrected chi connectivity index (χ0v) is 9.32. The number of aliphatic hydroxyl groups excluding tert-OH is 1. The fraction of sp³-hybridized carbons (Fsp3) is 0.857. The van der Waals surface area contributed by atoms with Gasteiger partial charge in [-0.25, -0.2) is 0 Å². The van der Waals surface area contributed by atoms with E-state index in [9.17, 15) is 15.0 Å². The first-order valence-corrected chi connectivity index (χ1v) is 3.61. The molecule has 1 saturated heterocycles. The first-order chi connectivity index (χ1) is 5.11. The Labute approximate surface area is 93.2 Å². The van der Waals surface area contributed by atoms with Crippen LogP contribution in [0.2, 0.25) is 0 Å². The van der Waals surface area contributed by atoms with E-state index in [2.05, 4.69) is 0 Å². The maximum absolute atomic E-state index is 10.3. The molecule has 1 rings (SSSR count). The van der Waals surface area contributed by atoms with Crippen molar-refractivity contribution in [3.8, 4) is 0 Å². The molecule has 0 saturated carbocycles. The maximum atomic E-state index is 10.3. The van der Waals surface area contributed by atoms with Crippen molar-refractivity contribution in [2.75, 3.05) is 6.61 Å². The van der Waals surface area contributed by atoms with Crippen LogP contribution in [0.25, 0.3) is 0 Å². The van der Waals surface area contributed by atoms with Crippen LogP contribution in [0.1, 0.15) is 13.3 Å². The molecule has 0 amide bonds. The number of aliphatic carboxylic acids is 1. The molecule has 1 fully saturated rings. The standard InChI is InChI=1S/C7H12O4.Na/c1-4-3-11-6(7(9)10)2-5(4)8;/h4-6,8H,2-3H2,1H3,(H,9,10);/q;+1/p-1. The summed E-state index contributed by atoms with van der Waals surface area (Å²) in [6, 6.07) is 0. The van der Waals surface area contributed by atoms with E-state index >= 15 is 0 Å². The molecule has 1 N–H and O–H groups in total. The van der Waals surface area contributed by atoms with Crippen molar-refractivity contribution in [3.63, 3.8) is 0 Å². The molecule has 0 spiro atoms. The summed E-state index contributed by atoms with van der Waals surface area (Å²) in [5, 5.41) is 19.5. The minimum atomic E-state index is -1.24. The average Bonchev–Trinajstić information content (AvgIpc) is 1.94. The third-order valence-electron chi connectivity index (χ3n) is 1.94. The van der Waals surface area contributed by atoms with Crippen molar-refractivity contribution in [2.24, 2.45) is 5.92 Å². The Morgan fingerprint density at radius 2 is 2.25 bits per heavy atom. The van der Waals surface area contributed by atoms with Crippen molar-refractivity contribution in [3.05, 3.63) is 0 Å². The summed E-state index contributed by atoms with van der Waals surface area (Å²) in [4.78, 5) is 10.3. The van der Waals surface area contributed by atoms with E-state index in [1.807, 2.05) is 6.92 Å². The third kappa shape index (κ3) is 3.03. The van der Waals surface area contributed by atoms with Gasteiger partial charge in [0.05, 0.1) is 24.8 Å². The van der Waals surface area contributed by atoms with Crippen molar-refractivity contribution in [1.29, 1.82) is 0 Å². The summed E-state index contributed by atoms with van der Waals surface area (Å²) in [5.41, 5.74) is 0. The van der Waals surface area contributed by atoms with Crippen LogP contribution in [0.15, 0.2) is 0 Å². The maximum Gasteiger partial charge on any atom is 1.00 e. The van der Waals surface area contributed by atoms with Gasteiger partial charge in [0.25, 0.3) is 0 Å². The predicted octanol–water partition coefficient (Wildman–Crippen LogP) is -4.47. The number of carbonyl (C=O) groups excluding carboxylic acids is 1. The molecule has 0 aromatic carbocycles. The number of carboxylic acid groups (broad SMARTS) is 1. The number of aliphatic hydroxyl groups is 1. The van der Waals surface area contributed by atoms with Gasteiger partial charge in [0, 0.05) is 12.3 Å². The molecule has 0 aliphatic carbocycles. The first-order valence-electron chi connectivity index (χ1n) is 3.61. The second kappa shape index (κ2) is 5.19. The Hall–Kier alpha value is 0.390. The molecule has 0 aromatic heterocycles. The van der Waals surface area contributed by atoms with Crippen LogP contribution >= 0.6 is 0 Å². The molecule has 1 aliphatic heterocycles.